The highest BCUT2D eigenvalue weighted by Crippen LogP contribution is 2.31. The zero-order valence-corrected chi connectivity index (χ0v) is 8.12. The third kappa shape index (κ3) is 2.36. The summed E-state index contributed by atoms with van der Waals surface area (Å²) in [6, 6.07) is 0. The van der Waals surface area contributed by atoms with E-state index in [-0.39, 0.29) is 5.60 Å². The van der Waals surface area contributed by atoms with Gasteiger partial charge in [0, 0.05) is 12.3 Å². The Bertz CT molecular complexity index is 121. The Morgan fingerprint density at radius 3 is 2.73 bits per heavy atom. The first-order valence-electron chi connectivity index (χ1n) is 4.14. The standard InChI is InChI=1S/C8H17NOS/c1-7(2)10-8(5-9)3-4-11-6-8/h7H,3-6,9H2,1-2H3. The van der Waals surface area contributed by atoms with Crippen LogP contribution in [0.3, 0.4) is 0 Å². The van der Waals surface area contributed by atoms with E-state index in [1.165, 1.54) is 5.75 Å². The molecule has 0 radical (unpaired) electrons. The van der Waals surface area contributed by atoms with Gasteiger partial charge in [-0.2, -0.15) is 11.8 Å². The fraction of sp³-hybridized carbons (Fsp3) is 1.00. The Morgan fingerprint density at radius 1 is 1.64 bits per heavy atom. The van der Waals surface area contributed by atoms with Crippen molar-refractivity contribution in [2.24, 2.45) is 5.73 Å². The number of thioether (sulfide) groups is 1. The van der Waals surface area contributed by atoms with Crippen molar-refractivity contribution in [1.29, 1.82) is 0 Å². The van der Waals surface area contributed by atoms with Gasteiger partial charge in [-0.1, -0.05) is 0 Å². The summed E-state index contributed by atoms with van der Waals surface area (Å²) in [7, 11) is 0. The molecule has 0 spiro atoms. The summed E-state index contributed by atoms with van der Waals surface area (Å²) in [6.07, 6.45) is 1.42. The van der Waals surface area contributed by atoms with Gasteiger partial charge in [0.25, 0.3) is 0 Å². The molecule has 0 aromatic carbocycles. The molecule has 1 unspecified atom stereocenters. The maximum absolute atomic E-state index is 5.80. The fourth-order valence-electron chi connectivity index (χ4n) is 1.39. The second-order valence-corrected chi connectivity index (χ2v) is 4.46. The van der Waals surface area contributed by atoms with Gasteiger partial charge in [0.2, 0.25) is 0 Å². The third-order valence-corrected chi connectivity index (χ3v) is 3.15. The summed E-state index contributed by atoms with van der Waals surface area (Å²) < 4.78 is 5.80. The van der Waals surface area contributed by atoms with E-state index in [1.54, 1.807) is 0 Å². The molecule has 3 heteroatoms. The topological polar surface area (TPSA) is 35.2 Å². The highest BCUT2D eigenvalue weighted by molar-refractivity contribution is 7.99. The van der Waals surface area contributed by atoms with Gasteiger partial charge in [-0.15, -0.1) is 0 Å². The molecule has 1 fully saturated rings. The van der Waals surface area contributed by atoms with E-state index in [4.69, 9.17) is 10.5 Å². The van der Waals surface area contributed by atoms with Crippen LogP contribution in [-0.2, 0) is 4.74 Å². The van der Waals surface area contributed by atoms with Crippen LogP contribution in [0, 0.1) is 0 Å². The summed E-state index contributed by atoms with van der Waals surface area (Å²) in [5.41, 5.74) is 5.68. The maximum atomic E-state index is 5.80. The Balaban J connectivity index is 2.45. The molecular formula is C8H17NOS. The van der Waals surface area contributed by atoms with Crippen molar-refractivity contribution in [1.82, 2.24) is 0 Å². The lowest BCUT2D eigenvalue weighted by Crippen LogP contribution is -2.42. The normalized spacial score (nSPS) is 31.6. The summed E-state index contributed by atoms with van der Waals surface area (Å²) in [6.45, 7) is 4.80. The molecule has 1 atom stereocenters. The number of nitrogens with two attached hydrogens (primary N) is 1. The quantitative estimate of drug-likeness (QED) is 0.701. The largest absolute Gasteiger partial charge is 0.370 e. The van der Waals surface area contributed by atoms with Crippen LogP contribution in [-0.4, -0.2) is 29.8 Å². The van der Waals surface area contributed by atoms with Crippen molar-refractivity contribution in [3.05, 3.63) is 0 Å². The minimum atomic E-state index is -0.00116. The summed E-state index contributed by atoms with van der Waals surface area (Å²) in [5.74, 6) is 2.27. The average molecular weight is 175 g/mol. The second kappa shape index (κ2) is 3.78. The maximum Gasteiger partial charge on any atom is 0.0905 e. The molecule has 0 aromatic rings. The lowest BCUT2D eigenvalue weighted by molar-refractivity contribution is -0.0559. The number of rotatable bonds is 3. The van der Waals surface area contributed by atoms with Gasteiger partial charge in [0.1, 0.15) is 0 Å². The van der Waals surface area contributed by atoms with Gasteiger partial charge in [-0.25, -0.2) is 0 Å². The van der Waals surface area contributed by atoms with Crippen molar-refractivity contribution in [2.45, 2.75) is 32.0 Å². The van der Waals surface area contributed by atoms with Gasteiger partial charge in [-0.05, 0) is 26.0 Å². The van der Waals surface area contributed by atoms with Gasteiger partial charge in [0.05, 0.1) is 11.7 Å². The molecule has 0 aliphatic carbocycles. The van der Waals surface area contributed by atoms with E-state index in [2.05, 4.69) is 13.8 Å². The van der Waals surface area contributed by atoms with E-state index in [0.29, 0.717) is 12.6 Å². The minimum absolute atomic E-state index is 0.00116. The molecule has 0 amide bonds. The van der Waals surface area contributed by atoms with Crippen LogP contribution >= 0.6 is 11.8 Å². The zero-order valence-electron chi connectivity index (χ0n) is 7.30. The highest BCUT2D eigenvalue weighted by atomic mass is 32.2. The molecule has 1 aliphatic heterocycles. The average Bonchev–Trinajstić information content (AvgIpc) is 2.36. The third-order valence-electron chi connectivity index (χ3n) is 1.92. The first-order valence-corrected chi connectivity index (χ1v) is 5.30. The van der Waals surface area contributed by atoms with Crippen LogP contribution in [0.1, 0.15) is 20.3 Å². The van der Waals surface area contributed by atoms with Crippen LogP contribution < -0.4 is 5.73 Å². The molecule has 1 saturated heterocycles. The van der Waals surface area contributed by atoms with Crippen LogP contribution in [0.5, 0.6) is 0 Å². The molecule has 1 rings (SSSR count). The Labute approximate surface area is 72.9 Å². The van der Waals surface area contributed by atoms with Crippen molar-refractivity contribution >= 4 is 11.8 Å². The van der Waals surface area contributed by atoms with Crippen LogP contribution in [0.2, 0.25) is 0 Å². The van der Waals surface area contributed by atoms with Gasteiger partial charge in [-0.3, -0.25) is 0 Å². The number of ether oxygens (including phenoxy) is 1. The van der Waals surface area contributed by atoms with E-state index in [1.807, 2.05) is 11.8 Å². The molecule has 0 saturated carbocycles. The van der Waals surface area contributed by atoms with Gasteiger partial charge in [0.15, 0.2) is 0 Å². The van der Waals surface area contributed by atoms with Crippen molar-refractivity contribution in [3.63, 3.8) is 0 Å². The summed E-state index contributed by atoms with van der Waals surface area (Å²) >= 11 is 1.94. The van der Waals surface area contributed by atoms with E-state index < -0.39 is 0 Å². The smallest absolute Gasteiger partial charge is 0.0905 e. The first-order chi connectivity index (χ1) is 5.18. The monoisotopic (exact) mass is 175 g/mol. The molecule has 1 heterocycles. The lowest BCUT2D eigenvalue weighted by atomic mass is 10.0. The second-order valence-electron chi connectivity index (χ2n) is 3.36. The molecule has 0 bridgehead atoms. The van der Waals surface area contributed by atoms with Gasteiger partial charge >= 0.3 is 0 Å². The predicted octanol–water partition coefficient (Wildman–Crippen LogP) is 1.25. The van der Waals surface area contributed by atoms with Crippen molar-refractivity contribution in [2.75, 3.05) is 18.1 Å². The summed E-state index contributed by atoms with van der Waals surface area (Å²) in [4.78, 5) is 0. The highest BCUT2D eigenvalue weighted by Gasteiger charge is 2.34. The van der Waals surface area contributed by atoms with Crippen LogP contribution in [0.25, 0.3) is 0 Å². The molecule has 2 N–H and O–H groups in total. The molecule has 1 aliphatic rings. The molecule has 2 nitrogen and oxygen atoms in total. The SMILES string of the molecule is CC(C)OC1(CN)CCSC1. The van der Waals surface area contributed by atoms with Gasteiger partial charge < -0.3 is 10.5 Å². The Morgan fingerprint density at radius 2 is 2.36 bits per heavy atom. The predicted molar refractivity (Wildman–Crippen MR) is 49.9 cm³/mol. The van der Waals surface area contributed by atoms with Crippen molar-refractivity contribution in [3.8, 4) is 0 Å². The van der Waals surface area contributed by atoms with Crippen LogP contribution in [0.15, 0.2) is 0 Å². The molecular weight excluding hydrogens is 158 g/mol. The molecule has 11 heavy (non-hydrogen) atoms. The molecule has 0 aromatic heterocycles. The number of hydrogen-bond acceptors (Lipinski definition) is 3. The first kappa shape index (κ1) is 9.36. The number of hydrogen-bond donors (Lipinski definition) is 1. The Hall–Kier alpha value is 0.270. The minimum Gasteiger partial charge on any atom is -0.370 e. The Kier molecular flexibility index (Phi) is 3.22. The fourth-order valence-corrected chi connectivity index (χ4v) is 2.75. The van der Waals surface area contributed by atoms with Crippen LogP contribution in [0.4, 0.5) is 0 Å². The van der Waals surface area contributed by atoms with E-state index in [0.717, 1.165) is 12.2 Å². The van der Waals surface area contributed by atoms with E-state index in [9.17, 15) is 0 Å². The lowest BCUT2D eigenvalue weighted by Gasteiger charge is -2.29. The summed E-state index contributed by atoms with van der Waals surface area (Å²) in [5, 5.41) is 0. The van der Waals surface area contributed by atoms with E-state index >= 15 is 0 Å². The molecule has 66 valence electrons. The zero-order chi connectivity index (χ0) is 8.32. The van der Waals surface area contributed by atoms with Crippen molar-refractivity contribution < 1.29 is 4.74 Å².